The first-order chi connectivity index (χ1) is 14.1. The van der Waals surface area contributed by atoms with Crippen molar-refractivity contribution in [3.05, 3.63) is 77.9 Å². The number of nitrogens with zero attached hydrogens (tertiary/aromatic N) is 2. The lowest BCUT2D eigenvalue weighted by Crippen LogP contribution is -2.27. The fourth-order valence-electron chi connectivity index (χ4n) is 2.73. The summed E-state index contributed by atoms with van der Waals surface area (Å²) in [6.07, 6.45) is 4.80. The standard InChI is InChI=1S/C22H22N4O3/c1-4-19(22(27)26-24-15(2)20-10-7-13-29-20)25-23-14-18-17-9-6-5-8-16(17)11-12-21(18)28-3/h4-14,25H,1-3H3,(H,26,27)/b19-4-,23-14+,24-15+. The molecule has 0 aliphatic carbocycles. The molecule has 1 amide bonds. The number of nitrogens with one attached hydrogen (secondary N) is 2. The largest absolute Gasteiger partial charge is 0.496 e. The third-order valence-electron chi connectivity index (χ3n) is 4.27. The van der Waals surface area contributed by atoms with E-state index in [1.54, 1.807) is 51.6 Å². The Morgan fingerprint density at radius 1 is 1.10 bits per heavy atom. The van der Waals surface area contributed by atoms with Crippen LogP contribution in [0.15, 0.2) is 81.2 Å². The Labute approximate surface area is 168 Å². The lowest BCUT2D eigenvalue weighted by molar-refractivity contribution is -0.117. The number of carbonyl (C=O) groups is 1. The van der Waals surface area contributed by atoms with Crippen LogP contribution in [0.4, 0.5) is 0 Å². The molecule has 29 heavy (non-hydrogen) atoms. The van der Waals surface area contributed by atoms with Crippen LogP contribution in [0.2, 0.25) is 0 Å². The van der Waals surface area contributed by atoms with Gasteiger partial charge in [0.15, 0.2) is 0 Å². The van der Waals surface area contributed by atoms with Gasteiger partial charge in [0.25, 0.3) is 5.91 Å². The number of rotatable bonds is 7. The topological polar surface area (TPSA) is 88.2 Å². The maximum Gasteiger partial charge on any atom is 0.288 e. The SMILES string of the molecule is C/C=C(\N/N=C/c1c(OC)ccc2ccccc12)C(=O)N/N=C(\C)c1ccco1. The predicted molar refractivity (Wildman–Crippen MR) is 114 cm³/mol. The summed E-state index contributed by atoms with van der Waals surface area (Å²) < 4.78 is 10.7. The van der Waals surface area contributed by atoms with Crippen molar-refractivity contribution in [1.82, 2.24) is 10.9 Å². The Morgan fingerprint density at radius 3 is 2.66 bits per heavy atom. The van der Waals surface area contributed by atoms with Gasteiger partial charge in [0.05, 0.1) is 19.6 Å². The van der Waals surface area contributed by atoms with Crippen LogP contribution in [0.5, 0.6) is 5.75 Å². The van der Waals surface area contributed by atoms with Gasteiger partial charge in [0.1, 0.15) is 22.9 Å². The van der Waals surface area contributed by atoms with Gasteiger partial charge in [0, 0.05) is 5.56 Å². The van der Waals surface area contributed by atoms with E-state index in [-0.39, 0.29) is 5.70 Å². The molecule has 3 aromatic rings. The van der Waals surface area contributed by atoms with Crippen LogP contribution in [0, 0.1) is 0 Å². The first kappa shape index (κ1) is 19.9. The van der Waals surface area contributed by atoms with Gasteiger partial charge in [-0.15, -0.1) is 0 Å². The number of hydrogen-bond acceptors (Lipinski definition) is 6. The highest BCUT2D eigenvalue weighted by atomic mass is 16.5. The molecule has 1 aromatic heterocycles. The normalized spacial score (nSPS) is 12.4. The van der Waals surface area contributed by atoms with Gasteiger partial charge in [-0.1, -0.05) is 36.4 Å². The quantitative estimate of drug-likeness (QED) is 0.365. The zero-order chi connectivity index (χ0) is 20.6. The first-order valence-corrected chi connectivity index (χ1v) is 9.03. The van der Waals surface area contributed by atoms with Crippen molar-refractivity contribution in [3.8, 4) is 5.75 Å². The van der Waals surface area contributed by atoms with E-state index >= 15 is 0 Å². The van der Waals surface area contributed by atoms with Crippen molar-refractivity contribution in [2.45, 2.75) is 13.8 Å². The van der Waals surface area contributed by atoms with Crippen molar-refractivity contribution >= 4 is 28.6 Å². The molecule has 0 aliphatic rings. The second-order valence-electron chi connectivity index (χ2n) is 6.09. The summed E-state index contributed by atoms with van der Waals surface area (Å²) in [5.74, 6) is 0.862. The molecule has 1 heterocycles. The molecular formula is C22H22N4O3. The molecule has 3 rings (SSSR count). The van der Waals surface area contributed by atoms with Gasteiger partial charge >= 0.3 is 0 Å². The Balaban J connectivity index is 1.72. The summed E-state index contributed by atoms with van der Waals surface area (Å²) in [7, 11) is 1.61. The fourth-order valence-corrected chi connectivity index (χ4v) is 2.73. The highest BCUT2D eigenvalue weighted by molar-refractivity contribution is 6.03. The second kappa shape index (κ2) is 9.36. The molecule has 7 nitrogen and oxygen atoms in total. The highest BCUT2D eigenvalue weighted by Crippen LogP contribution is 2.26. The minimum atomic E-state index is -0.416. The number of fused-ring (bicyclic) bond motifs is 1. The van der Waals surface area contributed by atoms with Gasteiger partial charge in [-0.25, -0.2) is 5.43 Å². The van der Waals surface area contributed by atoms with Crippen LogP contribution in [0.25, 0.3) is 10.8 Å². The lowest BCUT2D eigenvalue weighted by Gasteiger charge is -2.09. The van der Waals surface area contributed by atoms with E-state index in [1.165, 1.54) is 0 Å². The number of hydrazone groups is 2. The van der Waals surface area contributed by atoms with Crippen LogP contribution in [0.1, 0.15) is 25.2 Å². The maximum atomic E-state index is 12.3. The number of furan rings is 1. The number of carbonyl (C=O) groups excluding carboxylic acids is 1. The summed E-state index contributed by atoms with van der Waals surface area (Å²) in [6.45, 7) is 3.48. The number of methoxy groups -OCH3 is 1. The monoisotopic (exact) mass is 390 g/mol. The minimum absolute atomic E-state index is 0.261. The lowest BCUT2D eigenvalue weighted by atomic mass is 10.0. The summed E-state index contributed by atoms with van der Waals surface area (Å²) in [5, 5.41) is 10.3. The third-order valence-corrected chi connectivity index (χ3v) is 4.27. The molecule has 2 N–H and O–H groups in total. The van der Waals surface area contributed by atoms with E-state index in [1.807, 2.05) is 36.4 Å². The number of allylic oxidation sites excluding steroid dienone is 1. The van der Waals surface area contributed by atoms with Gasteiger partial charge < -0.3 is 9.15 Å². The Kier molecular flexibility index (Phi) is 6.42. The molecule has 0 radical (unpaired) electrons. The Bertz CT molecular complexity index is 1080. The summed E-state index contributed by atoms with van der Waals surface area (Å²) in [5.41, 5.74) is 6.88. The average Bonchev–Trinajstić information content (AvgIpc) is 3.29. The molecule has 0 unspecified atom stereocenters. The van der Waals surface area contributed by atoms with E-state index in [9.17, 15) is 4.79 Å². The zero-order valence-corrected chi connectivity index (χ0v) is 16.5. The fraction of sp³-hybridized carbons (Fsp3) is 0.136. The summed E-state index contributed by atoms with van der Waals surface area (Å²) >= 11 is 0. The number of amides is 1. The molecular weight excluding hydrogens is 368 g/mol. The maximum absolute atomic E-state index is 12.3. The van der Waals surface area contributed by atoms with Gasteiger partial charge in [-0.05, 0) is 42.8 Å². The van der Waals surface area contributed by atoms with Crippen LogP contribution >= 0.6 is 0 Å². The van der Waals surface area contributed by atoms with E-state index in [2.05, 4.69) is 21.1 Å². The van der Waals surface area contributed by atoms with Crippen molar-refractivity contribution in [2.75, 3.05) is 7.11 Å². The summed E-state index contributed by atoms with van der Waals surface area (Å²) in [4.78, 5) is 12.3. The van der Waals surface area contributed by atoms with Gasteiger partial charge in [0.2, 0.25) is 0 Å². The molecule has 0 atom stereocenters. The molecule has 0 saturated carbocycles. The van der Waals surface area contributed by atoms with Crippen LogP contribution in [-0.4, -0.2) is 24.9 Å². The van der Waals surface area contributed by atoms with E-state index in [4.69, 9.17) is 9.15 Å². The highest BCUT2D eigenvalue weighted by Gasteiger charge is 2.09. The molecule has 0 spiro atoms. The van der Waals surface area contributed by atoms with E-state index in [0.29, 0.717) is 17.2 Å². The van der Waals surface area contributed by atoms with Crippen molar-refractivity contribution in [3.63, 3.8) is 0 Å². The average molecular weight is 390 g/mol. The number of hydrogen-bond donors (Lipinski definition) is 2. The van der Waals surface area contributed by atoms with Gasteiger partial charge in [-0.2, -0.15) is 10.2 Å². The van der Waals surface area contributed by atoms with Crippen molar-refractivity contribution < 1.29 is 13.9 Å². The zero-order valence-electron chi connectivity index (χ0n) is 16.5. The predicted octanol–water partition coefficient (Wildman–Crippen LogP) is 3.81. The minimum Gasteiger partial charge on any atom is -0.496 e. The molecule has 0 aliphatic heterocycles. The van der Waals surface area contributed by atoms with Crippen molar-refractivity contribution in [2.24, 2.45) is 10.2 Å². The molecule has 148 valence electrons. The van der Waals surface area contributed by atoms with E-state index in [0.717, 1.165) is 16.3 Å². The molecule has 0 saturated heterocycles. The Morgan fingerprint density at radius 2 is 1.93 bits per heavy atom. The Hall–Kier alpha value is -3.87. The number of ether oxygens (including phenoxy) is 1. The van der Waals surface area contributed by atoms with Crippen LogP contribution in [0.3, 0.4) is 0 Å². The first-order valence-electron chi connectivity index (χ1n) is 9.03. The van der Waals surface area contributed by atoms with Crippen LogP contribution < -0.4 is 15.6 Å². The second-order valence-corrected chi connectivity index (χ2v) is 6.09. The smallest absolute Gasteiger partial charge is 0.288 e. The summed E-state index contributed by atoms with van der Waals surface area (Å²) in [6, 6.07) is 15.3. The van der Waals surface area contributed by atoms with Crippen LogP contribution in [-0.2, 0) is 4.79 Å². The molecule has 0 fully saturated rings. The molecule has 0 bridgehead atoms. The molecule has 7 heteroatoms. The van der Waals surface area contributed by atoms with E-state index < -0.39 is 5.91 Å². The third kappa shape index (κ3) is 4.70. The van der Waals surface area contributed by atoms with Crippen molar-refractivity contribution in [1.29, 1.82) is 0 Å². The van der Waals surface area contributed by atoms with Gasteiger partial charge in [-0.3, -0.25) is 10.2 Å². The molecule has 2 aromatic carbocycles. The number of benzene rings is 2.